The average molecular weight is 378 g/mol. The number of aromatic nitrogens is 2. The zero-order valence-corrected chi connectivity index (χ0v) is 13.6. The first-order chi connectivity index (χ1) is 10.5. The number of hydrogen-bond acceptors (Lipinski definition) is 3. The van der Waals surface area contributed by atoms with Gasteiger partial charge >= 0.3 is 0 Å². The topological polar surface area (TPSA) is 52.0 Å². The normalized spacial score (nSPS) is 10.8. The fourth-order valence-corrected chi connectivity index (χ4v) is 2.56. The van der Waals surface area contributed by atoms with Gasteiger partial charge in [-0.2, -0.15) is 0 Å². The molecule has 0 bridgehead atoms. The number of benzene rings is 2. The molecule has 0 unspecified atom stereocenters. The quantitative estimate of drug-likeness (QED) is 0.654. The second-order valence-corrected chi connectivity index (χ2v) is 6.12. The molecule has 1 aromatic heterocycles. The summed E-state index contributed by atoms with van der Waals surface area (Å²) in [6, 6.07) is 11.9. The van der Waals surface area contributed by atoms with Crippen LogP contribution in [0.25, 0.3) is 10.9 Å². The Bertz CT molecular complexity index is 920. The third-order valence-electron chi connectivity index (χ3n) is 3.27. The van der Waals surface area contributed by atoms with Crippen molar-refractivity contribution in [3.8, 4) is 0 Å². The molecule has 0 aliphatic rings. The van der Waals surface area contributed by atoms with Gasteiger partial charge in [0.1, 0.15) is 0 Å². The number of Topliss-reactive ketones (excluding diaryl/α,β-unsaturated/α-hetero) is 1. The van der Waals surface area contributed by atoms with Crippen LogP contribution in [0.3, 0.4) is 0 Å². The number of carbonyl (C=O) groups excluding carboxylic acids is 1. The summed E-state index contributed by atoms with van der Waals surface area (Å²) in [5.41, 5.74) is 0.809. The zero-order chi connectivity index (χ0) is 15.7. The van der Waals surface area contributed by atoms with E-state index in [1.54, 1.807) is 42.5 Å². The highest BCUT2D eigenvalue weighted by molar-refractivity contribution is 9.10. The van der Waals surface area contributed by atoms with Gasteiger partial charge in [0, 0.05) is 15.1 Å². The fourth-order valence-electron chi connectivity index (χ4n) is 2.13. The monoisotopic (exact) mass is 376 g/mol. The van der Waals surface area contributed by atoms with E-state index in [2.05, 4.69) is 20.9 Å². The van der Waals surface area contributed by atoms with E-state index in [0.717, 1.165) is 4.47 Å². The van der Waals surface area contributed by atoms with Crippen LogP contribution in [0.15, 0.2) is 58.1 Å². The number of nitrogens with zero attached hydrogens (tertiary/aromatic N) is 2. The lowest BCUT2D eigenvalue weighted by Crippen LogP contribution is -2.24. The van der Waals surface area contributed by atoms with Gasteiger partial charge in [-0.3, -0.25) is 14.2 Å². The Balaban J connectivity index is 1.95. The van der Waals surface area contributed by atoms with Crippen molar-refractivity contribution in [3.05, 3.63) is 74.2 Å². The van der Waals surface area contributed by atoms with Gasteiger partial charge in [-0.1, -0.05) is 39.7 Å². The number of halogens is 2. The second-order valence-electron chi connectivity index (χ2n) is 4.77. The van der Waals surface area contributed by atoms with E-state index in [1.807, 2.05) is 0 Å². The molecule has 0 radical (unpaired) electrons. The molecule has 0 saturated carbocycles. The van der Waals surface area contributed by atoms with Crippen molar-refractivity contribution in [1.82, 2.24) is 9.55 Å². The van der Waals surface area contributed by atoms with Crippen molar-refractivity contribution in [2.45, 2.75) is 6.54 Å². The Morgan fingerprint density at radius 3 is 2.64 bits per heavy atom. The van der Waals surface area contributed by atoms with Crippen molar-refractivity contribution < 1.29 is 4.79 Å². The summed E-state index contributed by atoms with van der Waals surface area (Å²) in [4.78, 5) is 28.8. The van der Waals surface area contributed by atoms with Crippen LogP contribution in [0.5, 0.6) is 0 Å². The summed E-state index contributed by atoms with van der Waals surface area (Å²) < 4.78 is 2.20. The molecule has 4 nitrogen and oxygen atoms in total. The largest absolute Gasteiger partial charge is 0.292 e. The number of ketones is 1. The molecule has 3 rings (SSSR count). The molecule has 6 heteroatoms. The van der Waals surface area contributed by atoms with Gasteiger partial charge in [-0.05, 0) is 30.3 Å². The maximum Gasteiger partial charge on any atom is 0.261 e. The minimum absolute atomic E-state index is 0.0496. The van der Waals surface area contributed by atoms with Crippen LogP contribution in [0.1, 0.15) is 10.4 Å². The molecule has 0 spiro atoms. The van der Waals surface area contributed by atoms with E-state index in [9.17, 15) is 9.59 Å². The predicted molar refractivity (Wildman–Crippen MR) is 89.5 cm³/mol. The number of rotatable bonds is 3. The molecule has 0 atom stereocenters. The SMILES string of the molecule is O=C(Cn1cnc2cc(Cl)ccc2c1=O)c1ccc(Br)cc1. The minimum Gasteiger partial charge on any atom is -0.292 e. The van der Waals surface area contributed by atoms with Crippen LogP contribution in [-0.2, 0) is 6.54 Å². The third kappa shape index (κ3) is 2.96. The molecular weight excluding hydrogens is 368 g/mol. The maximum absolute atomic E-state index is 12.4. The molecule has 1 heterocycles. The van der Waals surface area contributed by atoms with E-state index in [0.29, 0.717) is 21.5 Å². The third-order valence-corrected chi connectivity index (χ3v) is 4.03. The first-order valence-electron chi connectivity index (χ1n) is 6.48. The summed E-state index contributed by atoms with van der Waals surface area (Å²) in [7, 11) is 0. The lowest BCUT2D eigenvalue weighted by molar-refractivity contribution is 0.0970. The predicted octanol–water partition coefficient (Wildman–Crippen LogP) is 3.70. The van der Waals surface area contributed by atoms with Crippen LogP contribution >= 0.6 is 27.5 Å². The summed E-state index contributed by atoms with van der Waals surface area (Å²) in [6.45, 7) is -0.0496. The summed E-state index contributed by atoms with van der Waals surface area (Å²) >= 11 is 9.20. The number of carbonyl (C=O) groups is 1. The van der Waals surface area contributed by atoms with Crippen molar-refractivity contribution >= 4 is 44.2 Å². The highest BCUT2D eigenvalue weighted by Crippen LogP contribution is 2.15. The number of fused-ring (bicyclic) bond motifs is 1. The first-order valence-corrected chi connectivity index (χ1v) is 7.65. The van der Waals surface area contributed by atoms with Gasteiger partial charge in [-0.15, -0.1) is 0 Å². The Morgan fingerprint density at radius 2 is 1.91 bits per heavy atom. The van der Waals surface area contributed by atoms with Gasteiger partial charge in [0.05, 0.1) is 23.8 Å². The molecule has 0 aliphatic heterocycles. The molecule has 0 amide bonds. The van der Waals surface area contributed by atoms with Gasteiger partial charge in [0.2, 0.25) is 0 Å². The average Bonchev–Trinajstić information content (AvgIpc) is 2.50. The lowest BCUT2D eigenvalue weighted by Gasteiger charge is -2.06. The molecule has 110 valence electrons. The first kappa shape index (κ1) is 14.9. The van der Waals surface area contributed by atoms with E-state index in [-0.39, 0.29) is 17.9 Å². The summed E-state index contributed by atoms with van der Waals surface area (Å²) in [5, 5.41) is 0.957. The maximum atomic E-state index is 12.4. The highest BCUT2D eigenvalue weighted by Gasteiger charge is 2.10. The standard InChI is InChI=1S/C16H10BrClN2O2/c17-11-3-1-10(2-4-11)15(21)8-20-9-19-14-7-12(18)5-6-13(14)16(20)22/h1-7,9H,8H2. The lowest BCUT2D eigenvalue weighted by atomic mass is 10.1. The molecule has 2 aromatic carbocycles. The zero-order valence-electron chi connectivity index (χ0n) is 11.3. The molecule has 0 fully saturated rings. The molecule has 0 aliphatic carbocycles. The molecule has 22 heavy (non-hydrogen) atoms. The molecule has 0 N–H and O–H groups in total. The van der Waals surface area contributed by atoms with Crippen molar-refractivity contribution in [2.75, 3.05) is 0 Å². The van der Waals surface area contributed by atoms with Gasteiger partial charge < -0.3 is 0 Å². The van der Waals surface area contributed by atoms with Crippen LogP contribution in [0.2, 0.25) is 5.02 Å². The Hall–Kier alpha value is -1.98. The Labute approximate surface area is 139 Å². The van der Waals surface area contributed by atoms with Crippen LogP contribution in [0, 0.1) is 0 Å². The molecule has 3 aromatic rings. The Morgan fingerprint density at radius 1 is 1.18 bits per heavy atom. The summed E-state index contributed by atoms with van der Waals surface area (Å²) in [5.74, 6) is -0.148. The van der Waals surface area contributed by atoms with Crippen molar-refractivity contribution in [1.29, 1.82) is 0 Å². The second kappa shape index (κ2) is 6.02. The van der Waals surface area contributed by atoms with E-state index in [1.165, 1.54) is 10.9 Å². The van der Waals surface area contributed by atoms with E-state index < -0.39 is 0 Å². The van der Waals surface area contributed by atoms with Gasteiger partial charge in [0.15, 0.2) is 5.78 Å². The van der Waals surface area contributed by atoms with E-state index in [4.69, 9.17) is 11.6 Å². The van der Waals surface area contributed by atoms with Gasteiger partial charge in [-0.25, -0.2) is 4.98 Å². The molecular formula is C16H10BrClN2O2. The van der Waals surface area contributed by atoms with Crippen LogP contribution in [0.4, 0.5) is 0 Å². The smallest absolute Gasteiger partial charge is 0.261 e. The van der Waals surface area contributed by atoms with E-state index >= 15 is 0 Å². The minimum atomic E-state index is -0.257. The van der Waals surface area contributed by atoms with Crippen molar-refractivity contribution in [3.63, 3.8) is 0 Å². The highest BCUT2D eigenvalue weighted by atomic mass is 79.9. The van der Waals surface area contributed by atoms with Crippen LogP contribution in [-0.4, -0.2) is 15.3 Å². The Kier molecular flexibility index (Phi) is 4.09. The van der Waals surface area contributed by atoms with Gasteiger partial charge in [0.25, 0.3) is 5.56 Å². The van der Waals surface area contributed by atoms with Crippen LogP contribution < -0.4 is 5.56 Å². The number of hydrogen-bond donors (Lipinski definition) is 0. The fraction of sp³-hybridized carbons (Fsp3) is 0.0625. The van der Waals surface area contributed by atoms with Crippen molar-refractivity contribution in [2.24, 2.45) is 0 Å². The molecule has 0 saturated heterocycles. The summed E-state index contributed by atoms with van der Waals surface area (Å²) in [6.07, 6.45) is 1.37.